The van der Waals surface area contributed by atoms with Crippen molar-refractivity contribution in [1.82, 2.24) is 0 Å². The van der Waals surface area contributed by atoms with Crippen LogP contribution in [0.4, 0.5) is 0 Å². The largest absolute Gasteiger partial charge is 0.423 e. The maximum absolute atomic E-state index is 11.8. The quantitative estimate of drug-likeness (QED) is 0.849. The average Bonchev–Trinajstić information content (AvgIpc) is 2.40. The van der Waals surface area contributed by atoms with Gasteiger partial charge < -0.3 is 9.32 Å². The third kappa shape index (κ3) is 2.63. The highest BCUT2D eigenvalue weighted by molar-refractivity contribution is 5.80. The molecular weight excluding hydrogens is 250 g/mol. The van der Waals surface area contributed by atoms with Crippen molar-refractivity contribution >= 4 is 11.0 Å². The van der Waals surface area contributed by atoms with Crippen molar-refractivity contribution in [3.05, 3.63) is 45.8 Å². The van der Waals surface area contributed by atoms with Crippen LogP contribution < -0.4 is 10.5 Å². The second-order valence-corrected chi connectivity index (χ2v) is 6.07. The zero-order valence-electron chi connectivity index (χ0n) is 12.2. The number of hydrogen-bond acceptors (Lipinski definition) is 2. The molecule has 20 heavy (non-hydrogen) atoms. The van der Waals surface area contributed by atoms with Gasteiger partial charge in [-0.15, -0.1) is 0 Å². The fourth-order valence-electron chi connectivity index (χ4n) is 3.24. The van der Waals surface area contributed by atoms with Gasteiger partial charge in [0, 0.05) is 17.0 Å². The van der Waals surface area contributed by atoms with Crippen LogP contribution in [0.3, 0.4) is 0 Å². The van der Waals surface area contributed by atoms with Gasteiger partial charge in [-0.1, -0.05) is 12.1 Å². The SMILES string of the molecule is Cc1ccc2c(C[NH+]3CCCC[C@H]3C)cc(=O)oc2c1. The van der Waals surface area contributed by atoms with Gasteiger partial charge >= 0.3 is 5.63 Å². The predicted octanol–water partition coefficient (Wildman–Crippen LogP) is 2.06. The Morgan fingerprint density at radius 3 is 2.95 bits per heavy atom. The van der Waals surface area contributed by atoms with Crippen molar-refractivity contribution in [3.63, 3.8) is 0 Å². The van der Waals surface area contributed by atoms with Crippen molar-refractivity contribution < 1.29 is 9.32 Å². The lowest BCUT2D eigenvalue weighted by Crippen LogP contribution is -3.14. The van der Waals surface area contributed by atoms with Crippen LogP contribution >= 0.6 is 0 Å². The zero-order valence-corrected chi connectivity index (χ0v) is 12.2. The highest BCUT2D eigenvalue weighted by atomic mass is 16.4. The van der Waals surface area contributed by atoms with Crippen LogP contribution in [0.5, 0.6) is 0 Å². The minimum Gasteiger partial charge on any atom is -0.423 e. The Bertz CT molecular complexity index is 674. The lowest BCUT2D eigenvalue weighted by atomic mass is 10.0. The Balaban J connectivity index is 2.00. The molecular formula is C17H22NO2+. The van der Waals surface area contributed by atoms with E-state index in [0.29, 0.717) is 6.04 Å². The van der Waals surface area contributed by atoms with Crippen LogP contribution in [0.1, 0.15) is 37.3 Å². The number of fused-ring (bicyclic) bond motifs is 1. The third-order valence-corrected chi connectivity index (χ3v) is 4.49. The fourth-order valence-corrected chi connectivity index (χ4v) is 3.24. The second kappa shape index (κ2) is 5.41. The molecule has 2 atom stereocenters. The van der Waals surface area contributed by atoms with Gasteiger partial charge in [-0.25, -0.2) is 4.79 Å². The number of quaternary nitrogens is 1. The molecule has 0 amide bonds. The van der Waals surface area contributed by atoms with Crippen molar-refractivity contribution in [2.24, 2.45) is 0 Å². The van der Waals surface area contributed by atoms with Crippen molar-refractivity contribution in [2.45, 2.75) is 45.7 Å². The number of aryl methyl sites for hydroxylation is 1. The van der Waals surface area contributed by atoms with Gasteiger partial charge in [0.1, 0.15) is 12.1 Å². The lowest BCUT2D eigenvalue weighted by Gasteiger charge is -2.30. The highest BCUT2D eigenvalue weighted by Crippen LogP contribution is 2.18. The number of likely N-dealkylation sites (tertiary alicyclic amines) is 1. The van der Waals surface area contributed by atoms with E-state index in [1.54, 1.807) is 11.0 Å². The van der Waals surface area contributed by atoms with Gasteiger partial charge in [0.15, 0.2) is 0 Å². The summed E-state index contributed by atoms with van der Waals surface area (Å²) in [5.41, 5.74) is 2.73. The average molecular weight is 272 g/mol. The number of hydrogen-bond donors (Lipinski definition) is 1. The molecule has 1 aromatic carbocycles. The minimum atomic E-state index is -0.234. The summed E-state index contributed by atoms with van der Waals surface area (Å²) in [5, 5.41) is 1.08. The van der Waals surface area contributed by atoms with E-state index in [1.807, 2.05) is 13.0 Å². The fraction of sp³-hybridized carbons (Fsp3) is 0.471. The minimum absolute atomic E-state index is 0.234. The Morgan fingerprint density at radius 2 is 2.15 bits per heavy atom. The van der Waals surface area contributed by atoms with Gasteiger partial charge in [-0.2, -0.15) is 0 Å². The van der Waals surface area contributed by atoms with E-state index in [1.165, 1.54) is 25.8 Å². The van der Waals surface area contributed by atoms with Crippen LogP contribution in [0.2, 0.25) is 0 Å². The molecule has 1 N–H and O–H groups in total. The first-order valence-electron chi connectivity index (χ1n) is 7.51. The molecule has 1 saturated heterocycles. The van der Waals surface area contributed by atoms with Crippen molar-refractivity contribution in [2.75, 3.05) is 6.54 Å². The summed E-state index contributed by atoms with van der Waals surface area (Å²) in [6, 6.07) is 8.47. The maximum Gasteiger partial charge on any atom is 0.336 e. The summed E-state index contributed by atoms with van der Waals surface area (Å²) in [4.78, 5) is 13.3. The Kier molecular flexibility index (Phi) is 3.62. The van der Waals surface area contributed by atoms with Crippen LogP contribution in [-0.2, 0) is 6.54 Å². The van der Waals surface area contributed by atoms with Gasteiger partial charge in [0.05, 0.1) is 12.6 Å². The first-order valence-corrected chi connectivity index (χ1v) is 7.51. The standard InChI is InChI=1S/C17H21NO2/c1-12-6-7-15-14(10-17(19)20-16(15)9-12)11-18-8-4-3-5-13(18)2/h6-7,9-10,13H,3-5,8,11H2,1-2H3/p+1/t13-/m1/s1. The molecule has 3 nitrogen and oxygen atoms in total. The molecule has 3 rings (SSSR count). The number of nitrogens with one attached hydrogen (secondary N) is 1. The topological polar surface area (TPSA) is 34.7 Å². The molecule has 1 fully saturated rings. The van der Waals surface area contributed by atoms with E-state index in [0.717, 1.165) is 28.6 Å². The number of piperidine rings is 1. The molecule has 1 unspecified atom stereocenters. The summed E-state index contributed by atoms with van der Waals surface area (Å²) >= 11 is 0. The van der Waals surface area contributed by atoms with Gasteiger partial charge in [-0.3, -0.25) is 0 Å². The van der Waals surface area contributed by atoms with Crippen molar-refractivity contribution in [3.8, 4) is 0 Å². The first kappa shape index (κ1) is 13.4. The van der Waals surface area contributed by atoms with E-state index < -0.39 is 0 Å². The van der Waals surface area contributed by atoms with E-state index in [4.69, 9.17) is 4.42 Å². The zero-order chi connectivity index (χ0) is 14.1. The molecule has 1 aliphatic rings. The molecule has 2 heterocycles. The molecule has 106 valence electrons. The normalized spacial score (nSPS) is 23.1. The van der Waals surface area contributed by atoms with Crippen molar-refractivity contribution in [1.29, 1.82) is 0 Å². The first-order chi connectivity index (χ1) is 9.63. The molecule has 0 aliphatic carbocycles. The van der Waals surface area contributed by atoms with E-state index in [2.05, 4.69) is 19.1 Å². The maximum atomic E-state index is 11.8. The van der Waals surface area contributed by atoms with Gasteiger partial charge in [0.25, 0.3) is 0 Å². The smallest absolute Gasteiger partial charge is 0.336 e. The van der Waals surface area contributed by atoms with E-state index in [9.17, 15) is 4.79 Å². The molecule has 2 aromatic rings. The molecule has 0 saturated carbocycles. The molecule has 0 spiro atoms. The number of rotatable bonds is 2. The molecule has 1 aliphatic heterocycles. The lowest BCUT2D eigenvalue weighted by molar-refractivity contribution is -0.941. The molecule has 0 radical (unpaired) electrons. The summed E-state index contributed by atoms with van der Waals surface area (Å²) < 4.78 is 5.33. The molecule has 1 aromatic heterocycles. The van der Waals surface area contributed by atoms with Crippen LogP contribution in [0, 0.1) is 6.92 Å². The molecule has 3 heteroatoms. The Labute approximate surface area is 119 Å². The summed E-state index contributed by atoms with van der Waals surface area (Å²) in [5.74, 6) is 0. The van der Waals surface area contributed by atoms with Gasteiger partial charge in [-0.05, 0) is 44.7 Å². The highest BCUT2D eigenvalue weighted by Gasteiger charge is 2.23. The van der Waals surface area contributed by atoms with Crippen LogP contribution in [-0.4, -0.2) is 12.6 Å². The Morgan fingerprint density at radius 1 is 1.30 bits per heavy atom. The van der Waals surface area contributed by atoms with E-state index >= 15 is 0 Å². The number of benzene rings is 1. The van der Waals surface area contributed by atoms with E-state index in [-0.39, 0.29) is 5.63 Å². The third-order valence-electron chi connectivity index (χ3n) is 4.49. The summed E-state index contributed by atoms with van der Waals surface area (Å²) in [6.07, 6.45) is 3.91. The monoisotopic (exact) mass is 272 g/mol. The summed E-state index contributed by atoms with van der Waals surface area (Å²) in [7, 11) is 0. The second-order valence-electron chi connectivity index (χ2n) is 6.07. The Hall–Kier alpha value is -1.61. The molecule has 0 bridgehead atoms. The van der Waals surface area contributed by atoms with Gasteiger partial charge in [0.2, 0.25) is 0 Å². The van der Waals surface area contributed by atoms with Crippen LogP contribution in [0.15, 0.2) is 33.5 Å². The predicted molar refractivity (Wildman–Crippen MR) is 80.1 cm³/mol. The van der Waals surface area contributed by atoms with Crippen LogP contribution in [0.25, 0.3) is 11.0 Å². The summed E-state index contributed by atoms with van der Waals surface area (Å²) in [6.45, 7) is 6.46.